The van der Waals surface area contributed by atoms with E-state index in [9.17, 15) is 4.79 Å². The van der Waals surface area contributed by atoms with Gasteiger partial charge >= 0.3 is 0 Å². The normalized spacial score (nSPS) is 19.9. The first kappa shape index (κ1) is 11.3. The van der Waals surface area contributed by atoms with Gasteiger partial charge in [0.1, 0.15) is 0 Å². The van der Waals surface area contributed by atoms with Crippen LogP contribution in [0.5, 0.6) is 0 Å². The van der Waals surface area contributed by atoms with Crippen molar-refractivity contribution >= 4 is 5.78 Å². The first-order valence-electron chi connectivity index (χ1n) is 6.06. The average Bonchev–Trinajstić information content (AvgIpc) is 2.80. The van der Waals surface area contributed by atoms with Crippen LogP contribution in [0.3, 0.4) is 0 Å². The van der Waals surface area contributed by atoms with Crippen LogP contribution in [0.15, 0.2) is 24.3 Å². The quantitative estimate of drug-likeness (QED) is 0.785. The van der Waals surface area contributed by atoms with E-state index in [2.05, 4.69) is 5.32 Å². The van der Waals surface area contributed by atoms with E-state index in [1.165, 1.54) is 12.0 Å². The summed E-state index contributed by atoms with van der Waals surface area (Å²) in [5.41, 5.74) is 2.06. The fourth-order valence-electron chi connectivity index (χ4n) is 2.18. The maximum Gasteiger partial charge on any atom is 0.162 e. The molecule has 2 nitrogen and oxygen atoms in total. The Balaban J connectivity index is 1.85. The zero-order chi connectivity index (χ0) is 11.4. The van der Waals surface area contributed by atoms with Gasteiger partial charge in [-0.25, -0.2) is 0 Å². The van der Waals surface area contributed by atoms with Crippen molar-refractivity contribution in [2.45, 2.75) is 26.2 Å². The van der Waals surface area contributed by atoms with Crippen LogP contribution in [0.25, 0.3) is 0 Å². The molecule has 86 valence electrons. The second kappa shape index (κ2) is 5.26. The highest BCUT2D eigenvalue weighted by Crippen LogP contribution is 2.16. The number of carbonyl (C=O) groups excluding carboxylic acids is 1. The average molecular weight is 217 g/mol. The summed E-state index contributed by atoms with van der Waals surface area (Å²) in [5.74, 6) is 0.987. The highest BCUT2D eigenvalue weighted by Gasteiger charge is 2.16. The molecule has 1 N–H and O–H groups in total. The Morgan fingerprint density at radius 1 is 1.38 bits per heavy atom. The molecule has 0 bridgehead atoms. The molecule has 1 heterocycles. The lowest BCUT2D eigenvalue weighted by molar-refractivity contribution is 0.0974. The summed E-state index contributed by atoms with van der Waals surface area (Å²) in [6.07, 6.45) is 2.94. The Kier molecular flexibility index (Phi) is 3.73. The van der Waals surface area contributed by atoms with Gasteiger partial charge in [-0.05, 0) is 38.8 Å². The lowest BCUT2D eigenvalue weighted by Crippen LogP contribution is -2.10. The smallest absolute Gasteiger partial charge is 0.162 e. The van der Waals surface area contributed by atoms with Gasteiger partial charge in [-0.15, -0.1) is 0 Å². The van der Waals surface area contributed by atoms with Gasteiger partial charge in [0.05, 0.1) is 0 Å². The van der Waals surface area contributed by atoms with Gasteiger partial charge in [0.25, 0.3) is 0 Å². The number of nitrogens with one attached hydrogen (secondary N) is 1. The third-order valence-electron chi connectivity index (χ3n) is 3.32. The molecule has 1 saturated heterocycles. The molecule has 0 aromatic heterocycles. The maximum absolute atomic E-state index is 11.9. The Morgan fingerprint density at radius 2 is 2.12 bits per heavy atom. The van der Waals surface area contributed by atoms with E-state index in [0.29, 0.717) is 12.3 Å². The van der Waals surface area contributed by atoms with Crippen molar-refractivity contribution in [1.82, 2.24) is 5.32 Å². The Morgan fingerprint density at radius 3 is 2.75 bits per heavy atom. The third-order valence-corrected chi connectivity index (χ3v) is 3.32. The van der Waals surface area contributed by atoms with Crippen LogP contribution in [0.4, 0.5) is 0 Å². The number of hydrogen-bond donors (Lipinski definition) is 1. The maximum atomic E-state index is 11.9. The fourth-order valence-corrected chi connectivity index (χ4v) is 2.18. The van der Waals surface area contributed by atoms with Gasteiger partial charge in [-0.1, -0.05) is 29.8 Å². The van der Waals surface area contributed by atoms with Gasteiger partial charge in [-0.3, -0.25) is 4.79 Å². The zero-order valence-electron chi connectivity index (χ0n) is 9.83. The number of aryl methyl sites for hydroxylation is 1. The Bertz CT molecular complexity index is 350. The minimum Gasteiger partial charge on any atom is -0.316 e. The van der Waals surface area contributed by atoms with Gasteiger partial charge in [-0.2, -0.15) is 0 Å². The summed E-state index contributed by atoms with van der Waals surface area (Å²) < 4.78 is 0. The second-order valence-corrected chi connectivity index (χ2v) is 4.69. The molecule has 0 amide bonds. The van der Waals surface area contributed by atoms with Crippen LogP contribution in [0.1, 0.15) is 35.2 Å². The molecule has 1 aliphatic rings. The van der Waals surface area contributed by atoms with Crippen LogP contribution in [0.2, 0.25) is 0 Å². The molecule has 1 aromatic rings. The highest BCUT2D eigenvalue weighted by molar-refractivity contribution is 5.96. The molecule has 0 radical (unpaired) electrons. The standard InChI is InChI=1S/C14H19NO/c1-11-2-5-13(6-3-11)14(16)7-4-12-8-9-15-10-12/h2-3,5-6,12,15H,4,7-10H2,1H3. The lowest BCUT2D eigenvalue weighted by atomic mass is 9.98. The van der Waals surface area contributed by atoms with Crippen molar-refractivity contribution in [2.75, 3.05) is 13.1 Å². The topological polar surface area (TPSA) is 29.1 Å². The number of hydrogen-bond acceptors (Lipinski definition) is 2. The van der Waals surface area contributed by atoms with Crippen molar-refractivity contribution in [3.05, 3.63) is 35.4 Å². The SMILES string of the molecule is Cc1ccc(C(=O)CCC2CCNC2)cc1. The van der Waals surface area contributed by atoms with E-state index in [4.69, 9.17) is 0 Å². The molecule has 1 fully saturated rings. The van der Waals surface area contributed by atoms with Crippen LogP contribution < -0.4 is 5.32 Å². The summed E-state index contributed by atoms with van der Waals surface area (Å²) in [6.45, 7) is 4.24. The fraction of sp³-hybridized carbons (Fsp3) is 0.500. The Hall–Kier alpha value is -1.15. The van der Waals surface area contributed by atoms with E-state index in [1.54, 1.807) is 0 Å². The van der Waals surface area contributed by atoms with E-state index in [-0.39, 0.29) is 5.78 Å². The van der Waals surface area contributed by atoms with Crippen molar-refractivity contribution in [1.29, 1.82) is 0 Å². The van der Waals surface area contributed by atoms with Gasteiger partial charge in [0, 0.05) is 12.0 Å². The van der Waals surface area contributed by atoms with Crippen molar-refractivity contribution in [3.8, 4) is 0 Å². The van der Waals surface area contributed by atoms with Crippen molar-refractivity contribution in [3.63, 3.8) is 0 Å². The number of ketones is 1. The molecule has 16 heavy (non-hydrogen) atoms. The summed E-state index contributed by atoms with van der Waals surface area (Å²) in [6, 6.07) is 7.88. The molecule has 1 unspecified atom stereocenters. The lowest BCUT2D eigenvalue weighted by Gasteiger charge is -2.07. The third kappa shape index (κ3) is 2.92. The Labute approximate surface area is 97.1 Å². The molecule has 1 atom stereocenters. The largest absolute Gasteiger partial charge is 0.316 e. The molecular formula is C14H19NO. The number of benzene rings is 1. The second-order valence-electron chi connectivity index (χ2n) is 4.69. The molecule has 0 aliphatic carbocycles. The summed E-state index contributed by atoms with van der Waals surface area (Å²) in [4.78, 5) is 11.9. The summed E-state index contributed by atoms with van der Waals surface area (Å²) in [7, 11) is 0. The van der Waals surface area contributed by atoms with Gasteiger partial charge in [0.2, 0.25) is 0 Å². The molecule has 1 aliphatic heterocycles. The van der Waals surface area contributed by atoms with Crippen LogP contribution >= 0.6 is 0 Å². The first-order valence-corrected chi connectivity index (χ1v) is 6.06. The number of Topliss-reactive ketones (excluding diaryl/α,β-unsaturated/α-hetero) is 1. The zero-order valence-corrected chi connectivity index (χ0v) is 9.83. The van der Waals surface area contributed by atoms with E-state index in [1.807, 2.05) is 31.2 Å². The molecular weight excluding hydrogens is 198 g/mol. The van der Waals surface area contributed by atoms with Gasteiger partial charge < -0.3 is 5.32 Å². The van der Waals surface area contributed by atoms with Crippen LogP contribution in [0, 0.1) is 12.8 Å². The molecule has 2 rings (SSSR count). The highest BCUT2D eigenvalue weighted by atomic mass is 16.1. The predicted octanol–water partition coefficient (Wildman–Crippen LogP) is 2.57. The van der Waals surface area contributed by atoms with Gasteiger partial charge in [0.15, 0.2) is 5.78 Å². The van der Waals surface area contributed by atoms with E-state index in [0.717, 1.165) is 25.1 Å². The van der Waals surface area contributed by atoms with Crippen molar-refractivity contribution < 1.29 is 4.79 Å². The molecule has 1 aromatic carbocycles. The first-order chi connectivity index (χ1) is 7.75. The number of carbonyl (C=O) groups is 1. The summed E-state index contributed by atoms with van der Waals surface area (Å²) in [5, 5.41) is 3.33. The van der Waals surface area contributed by atoms with Crippen LogP contribution in [-0.2, 0) is 0 Å². The predicted molar refractivity (Wildman–Crippen MR) is 65.7 cm³/mol. The minimum atomic E-state index is 0.284. The molecule has 0 saturated carbocycles. The number of rotatable bonds is 4. The summed E-state index contributed by atoms with van der Waals surface area (Å²) >= 11 is 0. The van der Waals surface area contributed by atoms with Crippen LogP contribution in [-0.4, -0.2) is 18.9 Å². The van der Waals surface area contributed by atoms with Crippen molar-refractivity contribution in [2.24, 2.45) is 5.92 Å². The molecule has 0 spiro atoms. The molecule has 2 heteroatoms. The van der Waals surface area contributed by atoms with E-state index < -0.39 is 0 Å². The minimum absolute atomic E-state index is 0.284. The van der Waals surface area contributed by atoms with E-state index >= 15 is 0 Å². The monoisotopic (exact) mass is 217 g/mol.